The molecule has 4 N–H and O–H groups in total. The Hall–Kier alpha value is -1.56. The van der Waals surface area contributed by atoms with E-state index in [0.29, 0.717) is 17.4 Å². The van der Waals surface area contributed by atoms with Crippen molar-refractivity contribution in [3.63, 3.8) is 0 Å². The number of rotatable bonds is 6. The summed E-state index contributed by atoms with van der Waals surface area (Å²) in [6.45, 7) is 0.905. The van der Waals surface area contributed by atoms with Crippen LogP contribution in [-0.4, -0.2) is 23.6 Å². The van der Waals surface area contributed by atoms with Crippen LogP contribution in [0.1, 0.15) is 32.1 Å². The first kappa shape index (κ1) is 12.9. The van der Waals surface area contributed by atoms with Crippen LogP contribution in [0.3, 0.4) is 0 Å². The van der Waals surface area contributed by atoms with Gasteiger partial charge in [0.15, 0.2) is 11.6 Å². The third-order valence-electron chi connectivity index (χ3n) is 3.46. The van der Waals surface area contributed by atoms with Gasteiger partial charge in [-0.3, -0.25) is 0 Å². The monoisotopic (exact) mass is 251 g/mol. The van der Waals surface area contributed by atoms with Gasteiger partial charge in [-0.15, -0.1) is 0 Å². The smallest absolute Gasteiger partial charge is 0.205 e. The van der Waals surface area contributed by atoms with Gasteiger partial charge in [-0.1, -0.05) is 25.7 Å². The summed E-state index contributed by atoms with van der Waals surface area (Å²) in [6.07, 6.45) is 8.12. The molecule has 6 heteroatoms. The highest BCUT2D eigenvalue weighted by Gasteiger charge is 2.15. The first-order valence-electron chi connectivity index (χ1n) is 6.44. The number of nitrogens with two attached hydrogens (primary N) is 1. The summed E-state index contributed by atoms with van der Waals surface area (Å²) in [5, 5.41) is 3.29. The zero-order valence-electron chi connectivity index (χ0n) is 10.8. The molecule has 0 aromatic carbocycles. The van der Waals surface area contributed by atoms with E-state index in [-0.39, 0.29) is 0 Å². The molecule has 6 nitrogen and oxygen atoms in total. The third-order valence-corrected chi connectivity index (χ3v) is 3.46. The zero-order valence-corrected chi connectivity index (χ0v) is 10.8. The van der Waals surface area contributed by atoms with E-state index in [1.54, 1.807) is 7.11 Å². The molecular weight excluding hydrogens is 230 g/mol. The molecule has 0 unspecified atom stereocenters. The van der Waals surface area contributed by atoms with Crippen molar-refractivity contribution in [2.45, 2.75) is 32.1 Å². The topological polar surface area (TPSA) is 85.1 Å². The Balaban J connectivity index is 1.91. The fraction of sp³-hybridized carbons (Fsp3) is 0.667. The molecule has 1 saturated carbocycles. The number of nitrogens with one attached hydrogen (secondary N) is 2. The van der Waals surface area contributed by atoms with E-state index >= 15 is 0 Å². The van der Waals surface area contributed by atoms with Crippen molar-refractivity contribution in [1.29, 1.82) is 0 Å². The van der Waals surface area contributed by atoms with E-state index in [0.717, 1.165) is 12.5 Å². The van der Waals surface area contributed by atoms with Crippen molar-refractivity contribution in [3.8, 4) is 5.75 Å². The normalized spacial score (nSPS) is 15.7. The Morgan fingerprint density at radius 3 is 2.72 bits per heavy atom. The highest BCUT2D eigenvalue weighted by atomic mass is 16.5. The number of hydrogen-bond acceptors (Lipinski definition) is 6. The molecule has 0 radical (unpaired) electrons. The minimum Gasteiger partial charge on any atom is -0.490 e. The predicted octanol–water partition coefficient (Wildman–Crippen LogP) is 1.76. The number of aromatic nitrogens is 2. The van der Waals surface area contributed by atoms with Gasteiger partial charge in [0.05, 0.1) is 7.11 Å². The second kappa shape index (κ2) is 6.39. The summed E-state index contributed by atoms with van der Waals surface area (Å²) >= 11 is 0. The second-order valence-electron chi connectivity index (χ2n) is 4.61. The molecule has 0 saturated heterocycles. The lowest BCUT2D eigenvalue weighted by atomic mass is 10.0. The number of hydrogen-bond donors (Lipinski definition) is 3. The Labute approximate surface area is 107 Å². The molecule has 0 bridgehead atoms. The van der Waals surface area contributed by atoms with E-state index in [1.807, 2.05) is 0 Å². The minimum absolute atomic E-state index is 0.496. The summed E-state index contributed by atoms with van der Waals surface area (Å²) in [7, 11) is 1.59. The molecule has 0 aliphatic heterocycles. The van der Waals surface area contributed by atoms with Gasteiger partial charge in [0.1, 0.15) is 6.33 Å². The lowest BCUT2D eigenvalue weighted by Crippen LogP contribution is -2.13. The number of hydrazine groups is 1. The number of methoxy groups -OCH3 is 1. The Morgan fingerprint density at radius 1 is 1.33 bits per heavy atom. The maximum absolute atomic E-state index is 5.38. The maximum Gasteiger partial charge on any atom is 0.205 e. The van der Waals surface area contributed by atoms with Crippen LogP contribution in [0.4, 0.5) is 11.6 Å². The zero-order chi connectivity index (χ0) is 12.8. The molecule has 2 rings (SSSR count). The quantitative estimate of drug-likeness (QED) is 0.527. The molecular formula is C12H21N5O. The van der Waals surface area contributed by atoms with Gasteiger partial charge in [-0.2, -0.15) is 0 Å². The van der Waals surface area contributed by atoms with E-state index in [2.05, 4.69) is 20.7 Å². The van der Waals surface area contributed by atoms with Gasteiger partial charge in [0, 0.05) is 6.54 Å². The largest absolute Gasteiger partial charge is 0.490 e. The van der Waals surface area contributed by atoms with Crippen LogP contribution in [0.2, 0.25) is 0 Å². The fourth-order valence-corrected chi connectivity index (χ4v) is 2.49. The highest BCUT2D eigenvalue weighted by molar-refractivity contribution is 5.62. The van der Waals surface area contributed by atoms with E-state index in [9.17, 15) is 0 Å². The van der Waals surface area contributed by atoms with Crippen molar-refractivity contribution in [1.82, 2.24) is 9.97 Å². The Kier molecular flexibility index (Phi) is 4.58. The standard InChI is InChI=1S/C12H21N5O/c1-18-10-11(15-8-16-12(10)17-13)14-7-6-9-4-2-3-5-9/h8-9H,2-7,13H2,1H3,(H2,14,15,16,17). The Bertz CT molecular complexity index is 379. The van der Waals surface area contributed by atoms with Gasteiger partial charge in [0.2, 0.25) is 5.75 Å². The average Bonchev–Trinajstić information content (AvgIpc) is 2.91. The maximum atomic E-state index is 5.38. The summed E-state index contributed by atoms with van der Waals surface area (Å²) in [5.41, 5.74) is 2.50. The highest BCUT2D eigenvalue weighted by Crippen LogP contribution is 2.30. The van der Waals surface area contributed by atoms with Gasteiger partial charge in [-0.25, -0.2) is 15.8 Å². The van der Waals surface area contributed by atoms with Crippen molar-refractivity contribution < 1.29 is 4.74 Å². The number of ether oxygens (including phenoxy) is 1. The van der Waals surface area contributed by atoms with Crippen molar-refractivity contribution >= 4 is 11.6 Å². The van der Waals surface area contributed by atoms with Crippen LogP contribution in [0.5, 0.6) is 5.75 Å². The van der Waals surface area contributed by atoms with Gasteiger partial charge >= 0.3 is 0 Å². The average molecular weight is 251 g/mol. The summed E-state index contributed by atoms with van der Waals surface area (Å²) < 4.78 is 5.26. The molecule has 1 aliphatic carbocycles. The van der Waals surface area contributed by atoms with E-state index in [1.165, 1.54) is 38.4 Å². The van der Waals surface area contributed by atoms with Gasteiger partial charge in [0.25, 0.3) is 0 Å². The van der Waals surface area contributed by atoms with Crippen LogP contribution in [-0.2, 0) is 0 Å². The van der Waals surface area contributed by atoms with Gasteiger partial charge in [-0.05, 0) is 12.3 Å². The van der Waals surface area contributed by atoms with E-state index < -0.39 is 0 Å². The number of nitrogen functional groups attached to an aromatic ring is 1. The molecule has 1 aliphatic rings. The molecule has 1 fully saturated rings. The van der Waals surface area contributed by atoms with Gasteiger partial charge < -0.3 is 15.5 Å². The third kappa shape index (κ3) is 3.01. The first-order valence-corrected chi connectivity index (χ1v) is 6.44. The van der Waals surface area contributed by atoms with Crippen LogP contribution in [0, 0.1) is 5.92 Å². The first-order chi connectivity index (χ1) is 8.85. The molecule has 18 heavy (non-hydrogen) atoms. The molecule has 1 heterocycles. The van der Waals surface area contributed by atoms with Crippen LogP contribution >= 0.6 is 0 Å². The van der Waals surface area contributed by atoms with Crippen molar-refractivity contribution in [3.05, 3.63) is 6.33 Å². The molecule has 1 aromatic rings. The molecule has 0 spiro atoms. The van der Waals surface area contributed by atoms with Crippen LogP contribution in [0.25, 0.3) is 0 Å². The molecule has 0 amide bonds. The summed E-state index contributed by atoms with van der Waals surface area (Å²) in [6, 6.07) is 0. The number of nitrogens with zero attached hydrogens (tertiary/aromatic N) is 2. The Morgan fingerprint density at radius 2 is 2.06 bits per heavy atom. The van der Waals surface area contributed by atoms with Crippen LogP contribution in [0.15, 0.2) is 6.33 Å². The molecule has 100 valence electrons. The summed E-state index contributed by atoms with van der Waals surface area (Å²) in [5.74, 6) is 7.98. The fourth-order valence-electron chi connectivity index (χ4n) is 2.49. The van der Waals surface area contributed by atoms with Crippen molar-refractivity contribution in [2.75, 3.05) is 24.4 Å². The minimum atomic E-state index is 0.496. The lowest BCUT2D eigenvalue weighted by molar-refractivity contribution is 0.414. The van der Waals surface area contributed by atoms with E-state index in [4.69, 9.17) is 10.6 Å². The van der Waals surface area contributed by atoms with Crippen LogP contribution < -0.4 is 21.3 Å². The predicted molar refractivity (Wildman–Crippen MR) is 71.5 cm³/mol. The molecule has 1 aromatic heterocycles. The molecule has 0 atom stereocenters. The lowest BCUT2D eigenvalue weighted by Gasteiger charge is -2.14. The summed E-state index contributed by atoms with van der Waals surface area (Å²) in [4.78, 5) is 8.18. The number of anilines is 2. The van der Waals surface area contributed by atoms with Crippen molar-refractivity contribution in [2.24, 2.45) is 11.8 Å². The second-order valence-corrected chi connectivity index (χ2v) is 4.61. The SMILES string of the molecule is COc1c(NN)ncnc1NCCC1CCCC1.